The predicted molar refractivity (Wildman–Crippen MR) is 109 cm³/mol. The van der Waals surface area contributed by atoms with Gasteiger partial charge in [0, 0.05) is 6.20 Å². The first-order valence-corrected chi connectivity index (χ1v) is 9.29. The Morgan fingerprint density at radius 1 is 0.966 bits per heavy atom. The van der Waals surface area contributed by atoms with Crippen LogP contribution in [0.15, 0.2) is 71.7 Å². The van der Waals surface area contributed by atoms with Crippen molar-refractivity contribution < 1.29 is 4.39 Å². The molecule has 0 saturated carbocycles. The molecule has 0 radical (unpaired) electrons. The second kappa shape index (κ2) is 6.63. The van der Waals surface area contributed by atoms with Crippen LogP contribution in [0.3, 0.4) is 0 Å². The van der Waals surface area contributed by atoms with Crippen LogP contribution in [0.1, 0.15) is 12.6 Å². The standard InChI is InChI=1S/C22H16FN5O/c1-2-16-19(14-8-4-3-5-9-14)21-25-24-20-18(28(21)26-16)12-13-27(22(20)29)17-11-7-6-10-15(17)23/h3-13H,2H2,1H3. The molecule has 0 amide bonds. The SMILES string of the molecule is CCc1nn2c(nnc3c(=O)n(-c4ccccc4F)ccc32)c1-c1ccccc1. The lowest BCUT2D eigenvalue weighted by atomic mass is 10.0. The fraction of sp³-hybridized carbons (Fsp3) is 0.0909. The summed E-state index contributed by atoms with van der Waals surface area (Å²) in [5.41, 5.74) is 3.74. The number of rotatable bonds is 3. The molecule has 0 N–H and O–H groups in total. The molecule has 0 aliphatic carbocycles. The lowest BCUT2D eigenvalue weighted by molar-refractivity contribution is 0.616. The Hall–Kier alpha value is -3.87. The maximum Gasteiger partial charge on any atom is 0.285 e. The lowest BCUT2D eigenvalue weighted by Gasteiger charge is -2.08. The maximum atomic E-state index is 14.2. The summed E-state index contributed by atoms with van der Waals surface area (Å²) in [5.74, 6) is -0.485. The summed E-state index contributed by atoms with van der Waals surface area (Å²) in [6.07, 6.45) is 2.25. The van der Waals surface area contributed by atoms with Crippen LogP contribution in [-0.4, -0.2) is 24.4 Å². The van der Waals surface area contributed by atoms with Crippen molar-refractivity contribution in [3.05, 3.63) is 88.7 Å². The zero-order chi connectivity index (χ0) is 20.0. The summed E-state index contributed by atoms with van der Waals surface area (Å²) in [4.78, 5) is 13.0. The van der Waals surface area contributed by atoms with Crippen LogP contribution in [-0.2, 0) is 6.42 Å². The van der Waals surface area contributed by atoms with E-state index in [1.54, 1.807) is 35.0 Å². The molecule has 7 heteroatoms. The minimum absolute atomic E-state index is 0.132. The van der Waals surface area contributed by atoms with E-state index in [1.165, 1.54) is 10.6 Å². The van der Waals surface area contributed by atoms with Gasteiger partial charge in [-0.3, -0.25) is 9.36 Å². The summed E-state index contributed by atoms with van der Waals surface area (Å²) in [5, 5.41) is 13.2. The average molecular weight is 385 g/mol. The van der Waals surface area contributed by atoms with Crippen LogP contribution in [0.2, 0.25) is 0 Å². The highest BCUT2D eigenvalue weighted by Gasteiger charge is 2.19. The van der Waals surface area contributed by atoms with Crippen molar-refractivity contribution in [1.82, 2.24) is 24.4 Å². The average Bonchev–Trinajstić information content (AvgIpc) is 3.14. The number of benzene rings is 2. The molecular weight excluding hydrogens is 369 g/mol. The van der Waals surface area contributed by atoms with E-state index in [4.69, 9.17) is 0 Å². The fourth-order valence-corrected chi connectivity index (χ4v) is 3.58. The van der Waals surface area contributed by atoms with Gasteiger partial charge in [0.25, 0.3) is 5.56 Å². The van der Waals surface area contributed by atoms with Crippen molar-refractivity contribution in [3.63, 3.8) is 0 Å². The van der Waals surface area contributed by atoms with Gasteiger partial charge in [-0.25, -0.2) is 8.91 Å². The van der Waals surface area contributed by atoms with Gasteiger partial charge in [0.2, 0.25) is 0 Å². The summed E-state index contributed by atoms with van der Waals surface area (Å²) < 4.78 is 17.1. The highest BCUT2D eigenvalue weighted by Crippen LogP contribution is 2.28. The minimum Gasteiger partial charge on any atom is -0.279 e. The van der Waals surface area contributed by atoms with Crippen LogP contribution in [0.5, 0.6) is 0 Å². The Bertz CT molecular complexity index is 1420. The molecule has 0 fully saturated rings. The Balaban J connectivity index is 1.81. The molecule has 5 aromatic rings. The van der Waals surface area contributed by atoms with Crippen molar-refractivity contribution in [1.29, 1.82) is 0 Å². The van der Waals surface area contributed by atoms with E-state index in [2.05, 4.69) is 15.3 Å². The molecule has 0 spiro atoms. The van der Waals surface area contributed by atoms with Gasteiger partial charge in [-0.05, 0) is 30.2 Å². The zero-order valence-electron chi connectivity index (χ0n) is 15.6. The second-order valence-corrected chi connectivity index (χ2v) is 6.65. The van der Waals surface area contributed by atoms with Crippen molar-refractivity contribution in [3.8, 4) is 16.8 Å². The predicted octanol–water partition coefficient (Wildman–Crippen LogP) is 3.80. The van der Waals surface area contributed by atoms with Gasteiger partial charge < -0.3 is 0 Å². The quantitative estimate of drug-likeness (QED) is 0.474. The number of pyridine rings is 1. The molecular formula is C22H16FN5O. The Kier molecular flexibility index (Phi) is 3.94. The van der Waals surface area contributed by atoms with Crippen molar-refractivity contribution in [2.24, 2.45) is 0 Å². The summed E-state index contributed by atoms with van der Waals surface area (Å²) in [6.45, 7) is 2.02. The molecule has 3 aromatic heterocycles. The van der Waals surface area contributed by atoms with E-state index in [0.29, 0.717) is 17.6 Å². The molecule has 6 nitrogen and oxygen atoms in total. The topological polar surface area (TPSA) is 65.1 Å². The van der Waals surface area contributed by atoms with Gasteiger partial charge >= 0.3 is 0 Å². The van der Waals surface area contributed by atoms with Crippen LogP contribution in [0.25, 0.3) is 33.5 Å². The number of halogens is 1. The molecule has 0 aliphatic rings. The van der Waals surface area contributed by atoms with E-state index in [9.17, 15) is 9.18 Å². The van der Waals surface area contributed by atoms with Crippen LogP contribution < -0.4 is 5.56 Å². The normalized spacial score (nSPS) is 11.4. The highest BCUT2D eigenvalue weighted by molar-refractivity contribution is 5.84. The van der Waals surface area contributed by atoms with E-state index in [0.717, 1.165) is 16.8 Å². The molecule has 5 rings (SSSR count). The molecule has 0 aliphatic heterocycles. The van der Waals surface area contributed by atoms with E-state index < -0.39 is 11.4 Å². The number of aromatic nitrogens is 5. The van der Waals surface area contributed by atoms with Crippen molar-refractivity contribution >= 4 is 16.7 Å². The van der Waals surface area contributed by atoms with Gasteiger partial charge in [-0.15, -0.1) is 10.2 Å². The van der Waals surface area contributed by atoms with E-state index >= 15 is 0 Å². The molecule has 3 heterocycles. The molecule has 0 bridgehead atoms. The highest BCUT2D eigenvalue weighted by atomic mass is 19.1. The van der Waals surface area contributed by atoms with E-state index in [1.807, 2.05) is 37.3 Å². The number of para-hydroxylation sites is 1. The monoisotopic (exact) mass is 385 g/mol. The summed E-state index contributed by atoms with van der Waals surface area (Å²) >= 11 is 0. The van der Waals surface area contributed by atoms with E-state index in [-0.39, 0.29) is 11.2 Å². The van der Waals surface area contributed by atoms with Crippen LogP contribution in [0, 0.1) is 5.82 Å². The number of nitrogens with zero attached hydrogens (tertiary/aromatic N) is 5. The Morgan fingerprint density at radius 3 is 2.48 bits per heavy atom. The van der Waals surface area contributed by atoms with Gasteiger partial charge in [0.15, 0.2) is 11.2 Å². The smallest absolute Gasteiger partial charge is 0.279 e. The molecule has 142 valence electrons. The third kappa shape index (κ3) is 2.62. The Labute approximate surface area is 164 Å². The first kappa shape index (κ1) is 17.2. The summed E-state index contributed by atoms with van der Waals surface area (Å²) in [7, 11) is 0. The lowest BCUT2D eigenvalue weighted by Crippen LogP contribution is -2.21. The third-order valence-corrected chi connectivity index (χ3v) is 4.96. The van der Waals surface area contributed by atoms with Gasteiger partial charge in [-0.1, -0.05) is 49.4 Å². The maximum absolute atomic E-state index is 14.2. The zero-order valence-corrected chi connectivity index (χ0v) is 15.6. The van der Waals surface area contributed by atoms with Crippen LogP contribution >= 0.6 is 0 Å². The van der Waals surface area contributed by atoms with Gasteiger partial charge in [0.05, 0.1) is 16.9 Å². The Morgan fingerprint density at radius 2 is 1.72 bits per heavy atom. The first-order valence-electron chi connectivity index (χ1n) is 9.29. The fourth-order valence-electron chi connectivity index (χ4n) is 3.58. The van der Waals surface area contributed by atoms with Gasteiger partial charge in [0.1, 0.15) is 11.3 Å². The molecule has 0 unspecified atom stereocenters. The number of fused-ring (bicyclic) bond motifs is 3. The summed E-state index contributed by atoms with van der Waals surface area (Å²) in [6, 6.07) is 17.7. The van der Waals surface area contributed by atoms with Crippen molar-refractivity contribution in [2.45, 2.75) is 13.3 Å². The number of hydrogen-bond donors (Lipinski definition) is 0. The first-order chi connectivity index (χ1) is 14.2. The number of aryl methyl sites for hydroxylation is 1. The molecule has 0 atom stereocenters. The third-order valence-electron chi connectivity index (χ3n) is 4.96. The molecule has 29 heavy (non-hydrogen) atoms. The van der Waals surface area contributed by atoms with Gasteiger partial charge in [-0.2, -0.15) is 5.10 Å². The second-order valence-electron chi connectivity index (χ2n) is 6.65. The minimum atomic E-state index is -0.485. The number of hydrogen-bond acceptors (Lipinski definition) is 4. The van der Waals surface area contributed by atoms with Crippen LogP contribution in [0.4, 0.5) is 4.39 Å². The van der Waals surface area contributed by atoms with Crippen molar-refractivity contribution in [2.75, 3.05) is 0 Å². The largest absolute Gasteiger partial charge is 0.285 e. The molecule has 2 aromatic carbocycles. The molecule has 0 saturated heterocycles.